The van der Waals surface area contributed by atoms with Crippen LogP contribution in [-0.2, 0) is 14.3 Å². The fourth-order valence-electron chi connectivity index (χ4n) is 1.91. The van der Waals surface area contributed by atoms with Crippen molar-refractivity contribution in [3.63, 3.8) is 0 Å². The first-order valence-corrected chi connectivity index (χ1v) is 8.05. The maximum atomic E-state index is 12.4. The minimum Gasteiger partial charge on any atom is -0.464 e. The Labute approximate surface area is 140 Å². The summed E-state index contributed by atoms with van der Waals surface area (Å²) in [6, 6.07) is 19.1. The van der Waals surface area contributed by atoms with Crippen LogP contribution in [0.2, 0.25) is 0 Å². The quantitative estimate of drug-likeness (QED) is 0.315. The summed E-state index contributed by atoms with van der Waals surface area (Å²) >= 11 is 1.31. The maximum absolute atomic E-state index is 12.4. The average Bonchev–Trinajstić information content (AvgIpc) is 2.60. The van der Waals surface area contributed by atoms with Gasteiger partial charge in [0.25, 0.3) is 0 Å². The molecular formula is C19H18O3S. The second kappa shape index (κ2) is 8.86. The van der Waals surface area contributed by atoms with Gasteiger partial charge < -0.3 is 9.47 Å². The molecule has 0 N–H and O–H groups in total. The first kappa shape index (κ1) is 16.9. The maximum Gasteiger partial charge on any atom is 0.348 e. The Morgan fingerprint density at radius 1 is 1.09 bits per heavy atom. The normalized spacial score (nSPS) is 11.3. The van der Waals surface area contributed by atoms with E-state index in [1.807, 2.05) is 60.7 Å². The van der Waals surface area contributed by atoms with Crippen molar-refractivity contribution in [2.24, 2.45) is 0 Å². The van der Waals surface area contributed by atoms with E-state index < -0.39 is 5.97 Å². The Kier molecular flexibility index (Phi) is 6.51. The lowest BCUT2D eigenvalue weighted by Gasteiger charge is -2.13. The van der Waals surface area contributed by atoms with Crippen LogP contribution in [-0.4, -0.2) is 12.6 Å². The number of hydrogen-bond donors (Lipinski definition) is 0. The van der Waals surface area contributed by atoms with Gasteiger partial charge in [-0.2, -0.15) is 0 Å². The first-order chi connectivity index (χ1) is 11.3. The molecule has 0 aromatic heterocycles. The summed E-state index contributed by atoms with van der Waals surface area (Å²) in [5.41, 5.74) is 0.791. The standard InChI is InChI=1S/C19H18O3S/c1-3-21-17(15-11-7-5-8-12-15)18(19(20)22-4-2)23-16-13-9-6-10-14-16/h3,5-14H,1,4H2,2H3/b18-17-. The molecular weight excluding hydrogens is 308 g/mol. The molecule has 0 fully saturated rings. The third kappa shape index (κ3) is 4.76. The van der Waals surface area contributed by atoms with Gasteiger partial charge in [0, 0.05) is 10.5 Å². The van der Waals surface area contributed by atoms with Crippen molar-refractivity contribution in [1.29, 1.82) is 0 Å². The van der Waals surface area contributed by atoms with Crippen LogP contribution in [0.5, 0.6) is 0 Å². The number of benzene rings is 2. The largest absolute Gasteiger partial charge is 0.464 e. The lowest BCUT2D eigenvalue weighted by molar-refractivity contribution is -0.137. The van der Waals surface area contributed by atoms with Gasteiger partial charge in [0.2, 0.25) is 0 Å². The van der Waals surface area contributed by atoms with Crippen LogP contribution in [0.15, 0.2) is 83.3 Å². The van der Waals surface area contributed by atoms with Gasteiger partial charge >= 0.3 is 5.97 Å². The van der Waals surface area contributed by atoms with E-state index in [4.69, 9.17) is 9.47 Å². The molecule has 0 amide bonds. The zero-order valence-corrected chi connectivity index (χ0v) is 13.7. The summed E-state index contributed by atoms with van der Waals surface area (Å²) < 4.78 is 10.7. The molecule has 0 radical (unpaired) electrons. The summed E-state index contributed by atoms with van der Waals surface area (Å²) in [7, 11) is 0. The van der Waals surface area contributed by atoms with E-state index in [0.29, 0.717) is 17.3 Å². The number of ether oxygens (including phenoxy) is 2. The molecule has 0 aliphatic carbocycles. The highest BCUT2D eigenvalue weighted by Crippen LogP contribution is 2.34. The SMILES string of the molecule is C=CO/C(=C(\Sc1ccccc1)C(=O)OCC)c1ccccc1. The van der Waals surface area contributed by atoms with Gasteiger partial charge in [0.1, 0.15) is 4.91 Å². The number of carbonyl (C=O) groups excluding carboxylic acids is 1. The Morgan fingerprint density at radius 3 is 2.26 bits per heavy atom. The Morgan fingerprint density at radius 2 is 1.70 bits per heavy atom. The second-order valence-electron chi connectivity index (χ2n) is 4.44. The van der Waals surface area contributed by atoms with E-state index >= 15 is 0 Å². The van der Waals surface area contributed by atoms with Crippen LogP contribution >= 0.6 is 11.8 Å². The van der Waals surface area contributed by atoms with E-state index in [2.05, 4.69) is 6.58 Å². The Balaban J connectivity index is 2.50. The number of hydrogen-bond acceptors (Lipinski definition) is 4. The van der Waals surface area contributed by atoms with Crippen molar-refractivity contribution in [3.05, 3.63) is 84.0 Å². The molecule has 0 aliphatic heterocycles. The number of carbonyl (C=O) groups is 1. The highest BCUT2D eigenvalue weighted by atomic mass is 32.2. The fraction of sp³-hybridized carbons (Fsp3) is 0.105. The highest BCUT2D eigenvalue weighted by Gasteiger charge is 2.21. The topological polar surface area (TPSA) is 35.5 Å². The van der Waals surface area contributed by atoms with Gasteiger partial charge in [-0.1, -0.05) is 66.9 Å². The summed E-state index contributed by atoms with van der Waals surface area (Å²) in [6.07, 6.45) is 1.31. The number of rotatable bonds is 7. The molecule has 0 bridgehead atoms. The summed E-state index contributed by atoms with van der Waals surface area (Å²) in [6.45, 7) is 5.68. The minimum atomic E-state index is -0.415. The third-order valence-corrected chi connectivity index (χ3v) is 3.93. The first-order valence-electron chi connectivity index (χ1n) is 7.23. The zero-order valence-electron chi connectivity index (χ0n) is 12.9. The monoisotopic (exact) mass is 326 g/mol. The predicted molar refractivity (Wildman–Crippen MR) is 93.6 cm³/mol. The molecule has 0 atom stereocenters. The van der Waals surface area contributed by atoms with Crippen LogP contribution in [0.25, 0.3) is 5.76 Å². The van der Waals surface area contributed by atoms with Crippen molar-refractivity contribution in [2.45, 2.75) is 11.8 Å². The molecule has 0 unspecified atom stereocenters. The molecule has 2 aromatic carbocycles. The third-order valence-electron chi connectivity index (χ3n) is 2.87. The zero-order chi connectivity index (χ0) is 16.5. The molecule has 23 heavy (non-hydrogen) atoms. The predicted octanol–water partition coefficient (Wildman–Crippen LogP) is 4.87. The molecule has 0 saturated carbocycles. The smallest absolute Gasteiger partial charge is 0.348 e. The van der Waals surface area contributed by atoms with Gasteiger partial charge in [-0.3, -0.25) is 0 Å². The van der Waals surface area contributed by atoms with E-state index in [1.54, 1.807) is 6.92 Å². The van der Waals surface area contributed by atoms with Crippen molar-refractivity contribution < 1.29 is 14.3 Å². The minimum absolute atomic E-state index is 0.299. The summed E-state index contributed by atoms with van der Waals surface area (Å²) in [5.74, 6) is 0.0231. The molecule has 3 nitrogen and oxygen atoms in total. The summed E-state index contributed by atoms with van der Waals surface area (Å²) in [5, 5.41) is 0. The van der Waals surface area contributed by atoms with E-state index in [-0.39, 0.29) is 0 Å². The molecule has 118 valence electrons. The van der Waals surface area contributed by atoms with Crippen LogP contribution in [0.1, 0.15) is 12.5 Å². The average molecular weight is 326 g/mol. The fourth-order valence-corrected chi connectivity index (χ4v) is 2.84. The van der Waals surface area contributed by atoms with E-state index in [1.165, 1.54) is 18.0 Å². The van der Waals surface area contributed by atoms with Crippen molar-refractivity contribution >= 4 is 23.5 Å². The lowest BCUT2D eigenvalue weighted by Crippen LogP contribution is -2.08. The van der Waals surface area contributed by atoms with Gasteiger partial charge in [-0.15, -0.1) is 0 Å². The highest BCUT2D eigenvalue weighted by molar-refractivity contribution is 8.04. The van der Waals surface area contributed by atoms with Crippen LogP contribution in [0.3, 0.4) is 0 Å². The molecule has 0 heterocycles. The molecule has 0 saturated heterocycles. The molecule has 2 aromatic rings. The van der Waals surface area contributed by atoms with Crippen molar-refractivity contribution in [2.75, 3.05) is 6.61 Å². The lowest BCUT2D eigenvalue weighted by atomic mass is 10.2. The van der Waals surface area contributed by atoms with Gasteiger partial charge in [0.05, 0.1) is 12.9 Å². The van der Waals surface area contributed by atoms with Gasteiger partial charge in [-0.25, -0.2) is 4.79 Å². The van der Waals surface area contributed by atoms with Gasteiger partial charge in [0.15, 0.2) is 5.76 Å². The van der Waals surface area contributed by atoms with Crippen molar-refractivity contribution in [3.8, 4) is 0 Å². The number of esters is 1. The Bertz CT molecular complexity index is 678. The van der Waals surface area contributed by atoms with Crippen LogP contribution in [0.4, 0.5) is 0 Å². The van der Waals surface area contributed by atoms with E-state index in [0.717, 1.165) is 10.5 Å². The molecule has 2 rings (SSSR count). The van der Waals surface area contributed by atoms with Crippen molar-refractivity contribution in [1.82, 2.24) is 0 Å². The van der Waals surface area contributed by atoms with Gasteiger partial charge in [-0.05, 0) is 19.1 Å². The summed E-state index contributed by atoms with van der Waals surface area (Å²) in [4.78, 5) is 13.7. The van der Waals surface area contributed by atoms with Crippen LogP contribution in [0, 0.1) is 0 Å². The molecule has 0 spiro atoms. The molecule has 4 heteroatoms. The van der Waals surface area contributed by atoms with E-state index in [9.17, 15) is 4.79 Å². The van der Waals surface area contributed by atoms with Crippen LogP contribution < -0.4 is 0 Å². The second-order valence-corrected chi connectivity index (χ2v) is 5.53. The Hall–Kier alpha value is -2.46. The molecule has 0 aliphatic rings. The number of thioether (sulfide) groups is 1.